The summed E-state index contributed by atoms with van der Waals surface area (Å²) in [6.45, 7) is 2.42. The highest BCUT2D eigenvalue weighted by molar-refractivity contribution is 6.12. The summed E-state index contributed by atoms with van der Waals surface area (Å²) in [5, 5.41) is 2.43. The number of para-hydroxylation sites is 3. The number of hydrogen-bond acceptors (Lipinski definition) is 2. The Bertz CT molecular complexity index is 2830. The third-order valence-corrected chi connectivity index (χ3v) is 12.9. The summed E-state index contributed by atoms with van der Waals surface area (Å²) in [6, 6.07) is 49.7. The van der Waals surface area contributed by atoms with Crippen molar-refractivity contribution in [2.24, 2.45) is 5.92 Å². The molecule has 12 rings (SSSR count). The summed E-state index contributed by atoms with van der Waals surface area (Å²) < 4.78 is 9.73. The lowest BCUT2D eigenvalue weighted by Crippen LogP contribution is -2.42. The Balaban J connectivity index is 1.17. The minimum atomic E-state index is -0.438. The predicted molar refractivity (Wildman–Crippen MR) is 217 cm³/mol. The first kappa shape index (κ1) is 29.3. The lowest BCUT2D eigenvalue weighted by Gasteiger charge is -2.45. The first-order valence-corrected chi connectivity index (χ1v) is 18.8. The number of benzene rings is 6. The molecule has 1 aromatic heterocycles. The Labute approximate surface area is 309 Å². The number of hydrogen-bond donors (Lipinski definition) is 0. The van der Waals surface area contributed by atoms with Crippen LogP contribution in [0.2, 0.25) is 0 Å². The second kappa shape index (κ2) is 10.4. The van der Waals surface area contributed by atoms with Crippen molar-refractivity contribution in [2.45, 2.75) is 30.2 Å². The first-order chi connectivity index (χ1) is 26.2. The van der Waals surface area contributed by atoms with Gasteiger partial charge in [-0.25, -0.2) is 0 Å². The maximum atomic E-state index is 7.26. The van der Waals surface area contributed by atoms with Crippen LogP contribution in [0, 0.1) is 5.92 Å². The smallest absolute Gasteiger partial charge is 0.156 e. The number of anilines is 2. The third-order valence-electron chi connectivity index (χ3n) is 12.9. The fraction of sp³-hybridized carbons (Fsp3) is 0.120. The van der Waals surface area contributed by atoms with Crippen molar-refractivity contribution in [3.63, 3.8) is 0 Å². The molecule has 2 aliphatic heterocycles. The van der Waals surface area contributed by atoms with Crippen LogP contribution in [0.3, 0.4) is 0 Å². The van der Waals surface area contributed by atoms with Gasteiger partial charge in [-0.1, -0.05) is 140 Å². The van der Waals surface area contributed by atoms with Crippen LogP contribution in [0.25, 0.3) is 33.1 Å². The van der Waals surface area contributed by atoms with Crippen LogP contribution in [0.5, 0.6) is 11.5 Å². The van der Waals surface area contributed by atoms with Crippen LogP contribution in [0.4, 0.5) is 11.4 Å². The maximum absolute atomic E-state index is 7.26. The van der Waals surface area contributed by atoms with E-state index in [0.717, 1.165) is 29.1 Å². The Kier molecular flexibility index (Phi) is 5.74. The molecule has 0 saturated carbocycles. The highest BCUT2D eigenvalue weighted by Crippen LogP contribution is 2.67. The van der Waals surface area contributed by atoms with Gasteiger partial charge in [0.15, 0.2) is 5.75 Å². The number of rotatable bonds is 2. The van der Waals surface area contributed by atoms with Crippen LogP contribution >= 0.6 is 0 Å². The average molecular weight is 681 g/mol. The van der Waals surface area contributed by atoms with Gasteiger partial charge < -0.3 is 14.2 Å². The van der Waals surface area contributed by atoms with Crippen LogP contribution in [-0.4, -0.2) is 10.6 Å². The summed E-state index contributed by atoms with van der Waals surface area (Å²) in [5.41, 5.74) is 13.2. The first-order valence-electron chi connectivity index (χ1n) is 18.8. The molecule has 0 fully saturated rings. The second-order valence-corrected chi connectivity index (χ2v) is 15.4. The van der Waals surface area contributed by atoms with Crippen molar-refractivity contribution in [3.05, 3.63) is 204 Å². The molecule has 6 aromatic carbocycles. The van der Waals surface area contributed by atoms with Crippen LogP contribution < -0.4 is 9.64 Å². The van der Waals surface area contributed by atoms with Gasteiger partial charge >= 0.3 is 0 Å². The zero-order chi connectivity index (χ0) is 34.9. The molecule has 3 heterocycles. The standard InChI is InChI=1S/C50H36N2O/c1-49-30-14-13-25-46(49)50(39-20-8-7-19-38(39)49)40-21-9-12-24-45(40)53-48-41(50)28-27-36-34-17-5-11-23-43(34)52(47(36)48)33-26-29-44-37(31-33)35-18-6-10-22-42(35)51(44)32-15-3-2-4-16-32/h2-21,23-31,42,46H,22H2,1H3. The number of fused-ring (bicyclic) bond motifs is 16. The monoisotopic (exact) mass is 680 g/mol. The minimum Gasteiger partial charge on any atom is -0.454 e. The van der Waals surface area contributed by atoms with Crippen LogP contribution in [0.1, 0.15) is 41.2 Å². The van der Waals surface area contributed by atoms with Gasteiger partial charge in [0, 0.05) is 55.9 Å². The zero-order valence-corrected chi connectivity index (χ0v) is 29.4. The average Bonchev–Trinajstić information content (AvgIpc) is 3.81. The van der Waals surface area contributed by atoms with Gasteiger partial charge in [0.1, 0.15) is 5.75 Å². The van der Waals surface area contributed by atoms with Gasteiger partial charge in [0.05, 0.1) is 22.5 Å². The van der Waals surface area contributed by atoms with Gasteiger partial charge in [0.2, 0.25) is 0 Å². The second-order valence-electron chi connectivity index (χ2n) is 15.4. The summed E-state index contributed by atoms with van der Waals surface area (Å²) in [6.07, 6.45) is 17.2. The predicted octanol–water partition coefficient (Wildman–Crippen LogP) is 12.1. The lowest BCUT2D eigenvalue weighted by atomic mass is 9.59. The van der Waals surface area contributed by atoms with E-state index in [9.17, 15) is 0 Å². The van der Waals surface area contributed by atoms with Crippen LogP contribution in [-0.2, 0) is 10.8 Å². The highest BCUT2D eigenvalue weighted by atomic mass is 16.5. The highest BCUT2D eigenvalue weighted by Gasteiger charge is 2.61. The van der Waals surface area contributed by atoms with E-state index in [1.54, 1.807) is 0 Å². The number of aromatic nitrogens is 1. The van der Waals surface area contributed by atoms with E-state index in [0.29, 0.717) is 0 Å². The Morgan fingerprint density at radius 1 is 0.660 bits per heavy atom. The van der Waals surface area contributed by atoms with E-state index in [4.69, 9.17) is 4.74 Å². The molecule has 252 valence electrons. The van der Waals surface area contributed by atoms with Crippen molar-refractivity contribution in [2.75, 3.05) is 4.90 Å². The van der Waals surface area contributed by atoms with Crippen LogP contribution in [0.15, 0.2) is 176 Å². The van der Waals surface area contributed by atoms with Crippen molar-refractivity contribution in [1.82, 2.24) is 4.57 Å². The summed E-state index contributed by atoms with van der Waals surface area (Å²) in [5.74, 6) is 2.05. The molecule has 5 aliphatic rings. The minimum absolute atomic E-state index is 0.169. The van der Waals surface area contributed by atoms with E-state index >= 15 is 0 Å². The SMILES string of the molecule is CC12C=CC=CC1C1(c3ccccc3Oc3c1ccc1c4ccccc4n(-c4ccc5c(c4)C4=CC=CCC4N5c4ccccc4)c31)c1ccccc12. The maximum Gasteiger partial charge on any atom is 0.156 e. The topological polar surface area (TPSA) is 17.4 Å². The Hall–Kier alpha value is -6.32. The molecule has 0 amide bonds. The fourth-order valence-electron chi connectivity index (χ4n) is 10.8. The van der Waals surface area contributed by atoms with Crippen molar-refractivity contribution < 1.29 is 4.74 Å². The van der Waals surface area contributed by atoms with Crippen molar-refractivity contribution in [1.29, 1.82) is 0 Å². The molecule has 0 saturated heterocycles. The molecule has 0 N–H and O–H groups in total. The Morgan fingerprint density at radius 2 is 1.45 bits per heavy atom. The van der Waals surface area contributed by atoms with E-state index in [-0.39, 0.29) is 17.4 Å². The largest absolute Gasteiger partial charge is 0.454 e. The van der Waals surface area contributed by atoms with Gasteiger partial charge in [-0.3, -0.25) is 0 Å². The van der Waals surface area contributed by atoms with Gasteiger partial charge in [-0.2, -0.15) is 0 Å². The molecule has 1 spiro atoms. The molecule has 53 heavy (non-hydrogen) atoms. The molecule has 4 unspecified atom stereocenters. The van der Waals surface area contributed by atoms with Crippen molar-refractivity contribution in [3.8, 4) is 17.2 Å². The zero-order valence-electron chi connectivity index (χ0n) is 29.4. The molecule has 4 atom stereocenters. The third kappa shape index (κ3) is 3.60. The fourth-order valence-corrected chi connectivity index (χ4v) is 10.8. The molecule has 3 heteroatoms. The van der Waals surface area contributed by atoms with E-state index in [2.05, 4.69) is 192 Å². The number of allylic oxidation sites excluding steroid dienone is 6. The number of nitrogens with zero attached hydrogens (tertiary/aromatic N) is 2. The van der Waals surface area contributed by atoms with Crippen molar-refractivity contribution >= 4 is 38.8 Å². The molecular weight excluding hydrogens is 645 g/mol. The molecule has 7 aromatic rings. The quantitative estimate of drug-likeness (QED) is 0.181. The molecule has 3 aliphatic carbocycles. The number of ether oxygens (including phenoxy) is 1. The lowest BCUT2D eigenvalue weighted by molar-refractivity contribution is 0.330. The molecule has 3 nitrogen and oxygen atoms in total. The normalized spacial score (nSPS) is 24.0. The van der Waals surface area contributed by atoms with E-state index in [1.807, 2.05) is 0 Å². The summed E-state index contributed by atoms with van der Waals surface area (Å²) >= 11 is 0. The molecule has 0 radical (unpaired) electrons. The van der Waals surface area contributed by atoms with Gasteiger partial charge in [-0.05, 0) is 65.6 Å². The van der Waals surface area contributed by atoms with Gasteiger partial charge in [-0.15, -0.1) is 0 Å². The van der Waals surface area contributed by atoms with E-state index in [1.165, 1.54) is 61.1 Å². The summed E-state index contributed by atoms with van der Waals surface area (Å²) in [7, 11) is 0. The van der Waals surface area contributed by atoms with Gasteiger partial charge in [0.25, 0.3) is 0 Å². The Morgan fingerprint density at radius 3 is 2.36 bits per heavy atom. The summed E-state index contributed by atoms with van der Waals surface area (Å²) in [4.78, 5) is 2.52. The van der Waals surface area contributed by atoms with E-state index < -0.39 is 5.41 Å². The molecule has 0 bridgehead atoms. The molecular formula is C50H36N2O.